The fourth-order valence-corrected chi connectivity index (χ4v) is 3.46. The van der Waals surface area contributed by atoms with E-state index in [1.54, 1.807) is 0 Å². The SMILES string of the molecule is CCC(C(C)C)N1C(=O)C(C2CC2)NC(=O)C1C(C)C. The average molecular weight is 280 g/mol. The molecule has 0 aromatic rings. The van der Waals surface area contributed by atoms with Crippen molar-refractivity contribution in [1.29, 1.82) is 0 Å². The molecule has 1 N–H and O–H groups in total. The maximum absolute atomic E-state index is 12.9. The Labute approximate surface area is 122 Å². The molecule has 3 atom stereocenters. The number of amides is 2. The van der Waals surface area contributed by atoms with E-state index in [0.29, 0.717) is 11.8 Å². The second kappa shape index (κ2) is 5.74. The third kappa shape index (κ3) is 2.70. The maximum Gasteiger partial charge on any atom is 0.246 e. The van der Waals surface area contributed by atoms with E-state index >= 15 is 0 Å². The monoisotopic (exact) mass is 280 g/mol. The molecule has 1 heterocycles. The fourth-order valence-electron chi connectivity index (χ4n) is 3.46. The average Bonchev–Trinajstić information content (AvgIpc) is 3.17. The highest BCUT2D eigenvalue weighted by Crippen LogP contribution is 2.37. The molecule has 1 aliphatic heterocycles. The van der Waals surface area contributed by atoms with Crippen molar-refractivity contribution in [2.24, 2.45) is 17.8 Å². The molecule has 2 rings (SSSR count). The zero-order chi connectivity index (χ0) is 15.0. The first-order chi connectivity index (χ1) is 9.38. The molecule has 1 saturated heterocycles. The van der Waals surface area contributed by atoms with E-state index < -0.39 is 0 Å². The van der Waals surface area contributed by atoms with Crippen molar-refractivity contribution >= 4 is 11.8 Å². The number of carbonyl (C=O) groups excluding carboxylic acids is 2. The standard InChI is InChI=1S/C16H28N2O2/c1-6-12(9(2)3)18-14(10(4)5)15(19)17-13(16(18)20)11-7-8-11/h9-14H,6-8H2,1-5H3,(H,17,19). The first kappa shape index (κ1) is 15.3. The summed E-state index contributed by atoms with van der Waals surface area (Å²) in [6, 6.07) is -0.433. The van der Waals surface area contributed by atoms with Gasteiger partial charge in [0.05, 0.1) is 0 Å². The molecule has 0 spiro atoms. The number of hydrogen-bond donors (Lipinski definition) is 1. The van der Waals surface area contributed by atoms with Crippen molar-refractivity contribution in [3.63, 3.8) is 0 Å². The molecule has 20 heavy (non-hydrogen) atoms. The molecule has 1 aliphatic carbocycles. The van der Waals surface area contributed by atoms with E-state index in [-0.39, 0.29) is 35.9 Å². The number of rotatable bonds is 5. The molecule has 1 saturated carbocycles. The predicted molar refractivity (Wildman–Crippen MR) is 79.0 cm³/mol. The van der Waals surface area contributed by atoms with E-state index in [9.17, 15) is 9.59 Å². The Kier molecular flexibility index (Phi) is 4.40. The lowest BCUT2D eigenvalue weighted by Crippen LogP contribution is -2.68. The van der Waals surface area contributed by atoms with Crippen LogP contribution in [0.3, 0.4) is 0 Å². The Bertz CT molecular complexity index is 388. The van der Waals surface area contributed by atoms with Gasteiger partial charge >= 0.3 is 0 Å². The number of carbonyl (C=O) groups is 2. The lowest BCUT2D eigenvalue weighted by atomic mass is 9.89. The summed E-state index contributed by atoms with van der Waals surface area (Å²) in [5.41, 5.74) is 0. The van der Waals surface area contributed by atoms with Crippen molar-refractivity contribution in [2.75, 3.05) is 0 Å². The minimum Gasteiger partial charge on any atom is -0.342 e. The smallest absolute Gasteiger partial charge is 0.246 e. The van der Waals surface area contributed by atoms with E-state index in [1.165, 1.54) is 0 Å². The van der Waals surface area contributed by atoms with Gasteiger partial charge in [-0.05, 0) is 37.0 Å². The van der Waals surface area contributed by atoms with Gasteiger partial charge in [0.1, 0.15) is 12.1 Å². The van der Waals surface area contributed by atoms with Gasteiger partial charge in [-0.25, -0.2) is 0 Å². The van der Waals surface area contributed by atoms with Crippen LogP contribution in [0, 0.1) is 17.8 Å². The summed E-state index contributed by atoms with van der Waals surface area (Å²) in [7, 11) is 0. The van der Waals surface area contributed by atoms with Gasteiger partial charge in [-0.15, -0.1) is 0 Å². The van der Waals surface area contributed by atoms with Crippen molar-refractivity contribution in [3.05, 3.63) is 0 Å². The largest absolute Gasteiger partial charge is 0.342 e. The Morgan fingerprint density at radius 3 is 2.20 bits per heavy atom. The van der Waals surface area contributed by atoms with Gasteiger partial charge in [0.25, 0.3) is 0 Å². The summed E-state index contributed by atoms with van der Waals surface area (Å²) in [6.07, 6.45) is 3.03. The van der Waals surface area contributed by atoms with E-state index in [2.05, 4.69) is 26.1 Å². The number of nitrogens with zero attached hydrogens (tertiary/aromatic N) is 1. The van der Waals surface area contributed by atoms with Crippen LogP contribution in [0.5, 0.6) is 0 Å². The molecule has 2 aliphatic rings. The molecule has 0 bridgehead atoms. The molecule has 2 amide bonds. The first-order valence-corrected chi connectivity index (χ1v) is 8.01. The molecule has 4 nitrogen and oxygen atoms in total. The lowest BCUT2D eigenvalue weighted by Gasteiger charge is -2.46. The van der Waals surface area contributed by atoms with Crippen LogP contribution in [0.15, 0.2) is 0 Å². The van der Waals surface area contributed by atoms with Gasteiger partial charge in [-0.1, -0.05) is 34.6 Å². The highest BCUT2D eigenvalue weighted by atomic mass is 16.2. The number of nitrogens with one attached hydrogen (secondary N) is 1. The first-order valence-electron chi connectivity index (χ1n) is 8.01. The highest BCUT2D eigenvalue weighted by molar-refractivity contribution is 5.97. The Balaban J connectivity index is 2.32. The van der Waals surface area contributed by atoms with Crippen LogP contribution in [-0.2, 0) is 9.59 Å². The van der Waals surface area contributed by atoms with Crippen LogP contribution in [-0.4, -0.2) is 34.8 Å². The quantitative estimate of drug-likeness (QED) is 0.839. The lowest BCUT2D eigenvalue weighted by molar-refractivity contribution is -0.156. The van der Waals surface area contributed by atoms with Crippen molar-refractivity contribution in [3.8, 4) is 0 Å². The van der Waals surface area contributed by atoms with Gasteiger partial charge in [-0.2, -0.15) is 0 Å². The molecule has 4 heteroatoms. The molecule has 0 radical (unpaired) electrons. The molecule has 0 aromatic carbocycles. The van der Waals surface area contributed by atoms with Gasteiger partial charge in [0.2, 0.25) is 11.8 Å². The second-order valence-electron chi connectivity index (χ2n) is 6.98. The summed E-state index contributed by atoms with van der Waals surface area (Å²) in [5.74, 6) is 1.07. The Morgan fingerprint density at radius 2 is 1.80 bits per heavy atom. The molecule has 2 fully saturated rings. The van der Waals surface area contributed by atoms with E-state index in [4.69, 9.17) is 0 Å². The van der Waals surface area contributed by atoms with Gasteiger partial charge in [0.15, 0.2) is 0 Å². The predicted octanol–water partition coefficient (Wildman–Crippen LogP) is 2.18. The Morgan fingerprint density at radius 1 is 1.20 bits per heavy atom. The van der Waals surface area contributed by atoms with Crippen LogP contribution >= 0.6 is 0 Å². The number of piperazine rings is 1. The normalized spacial score (nSPS) is 29.1. The molecule has 114 valence electrons. The third-order valence-corrected chi connectivity index (χ3v) is 4.66. The summed E-state index contributed by atoms with van der Waals surface area (Å²) in [5, 5.41) is 2.98. The molecule has 0 aromatic heterocycles. The van der Waals surface area contributed by atoms with Crippen LogP contribution in [0.2, 0.25) is 0 Å². The van der Waals surface area contributed by atoms with Gasteiger partial charge in [-0.3, -0.25) is 9.59 Å². The summed E-state index contributed by atoms with van der Waals surface area (Å²) in [6.45, 7) is 10.4. The van der Waals surface area contributed by atoms with Crippen LogP contribution in [0.4, 0.5) is 0 Å². The van der Waals surface area contributed by atoms with Crippen LogP contribution in [0.1, 0.15) is 53.9 Å². The van der Waals surface area contributed by atoms with Crippen LogP contribution < -0.4 is 5.32 Å². The maximum atomic E-state index is 12.9. The molecule has 3 unspecified atom stereocenters. The summed E-state index contributed by atoms with van der Waals surface area (Å²) in [4.78, 5) is 27.3. The van der Waals surface area contributed by atoms with E-state index in [0.717, 1.165) is 19.3 Å². The summed E-state index contributed by atoms with van der Waals surface area (Å²) >= 11 is 0. The van der Waals surface area contributed by atoms with Crippen molar-refractivity contribution in [1.82, 2.24) is 10.2 Å². The molecular formula is C16H28N2O2. The highest BCUT2D eigenvalue weighted by Gasteiger charge is 2.49. The third-order valence-electron chi connectivity index (χ3n) is 4.66. The van der Waals surface area contributed by atoms with E-state index in [1.807, 2.05) is 18.7 Å². The van der Waals surface area contributed by atoms with Gasteiger partial charge < -0.3 is 10.2 Å². The fraction of sp³-hybridized carbons (Fsp3) is 0.875. The van der Waals surface area contributed by atoms with Crippen molar-refractivity contribution in [2.45, 2.75) is 72.0 Å². The van der Waals surface area contributed by atoms with Crippen LogP contribution in [0.25, 0.3) is 0 Å². The topological polar surface area (TPSA) is 49.4 Å². The minimum atomic E-state index is -0.315. The minimum absolute atomic E-state index is 0.0376. The van der Waals surface area contributed by atoms with Crippen molar-refractivity contribution < 1.29 is 9.59 Å². The zero-order valence-electron chi connectivity index (χ0n) is 13.3. The molecular weight excluding hydrogens is 252 g/mol. The summed E-state index contributed by atoms with van der Waals surface area (Å²) < 4.78 is 0. The second-order valence-corrected chi connectivity index (χ2v) is 6.98. The van der Waals surface area contributed by atoms with Gasteiger partial charge in [0, 0.05) is 6.04 Å². The number of hydrogen-bond acceptors (Lipinski definition) is 2. The zero-order valence-corrected chi connectivity index (χ0v) is 13.3. The Hall–Kier alpha value is -1.06.